The first-order valence-corrected chi connectivity index (χ1v) is 4.16. The number of nitrogens with one attached hydrogen (secondary N) is 1. The Morgan fingerprint density at radius 3 is 2.79 bits per heavy atom. The zero-order chi connectivity index (χ0) is 10.1. The van der Waals surface area contributed by atoms with Crippen LogP contribution in [-0.2, 0) is 0 Å². The summed E-state index contributed by atoms with van der Waals surface area (Å²) < 4.78 is 1.63. The van der Waals surface area contributed by atoms with E-state index in [1.807, 2.05) is 13.1 Å². The number of hydrogen-bond acceptors (Lipinski definition) is 4. The van der Waals surface area contributed by atoms with E-state index >= 15 is 0 Å². The van der Waals surface area contributed by atoms with E-state index in [4.69, 9.17) is 0 Å². The molecule has 0 unspecified atom stereocenters. The topological polar surface area (TPSA) is 45.5 Å². The molecule has 0 fully saturated rings. The second-order valence-electron chi connectivity index (χ2n) is 2.93. The summed E-state index contributed by atoms with van der Waals surface area (Å²) in [4.78, 5) is 6.00. The molecular formula is C9H11N5. The highest BCUT2D eigenvalue weighted by atomic mass is 15.4. The molecule has 5 nitrogen and oxygen atoms in total. The Kier molecular flexibility index (Phi) is 1.85. The molecule has 0 aromatic carbocycles. The van der Waals surface area contributed by atoms with E-state index in [0.717, 1.165) is 5.82 Å². The van der Waals surface area contributed by atoms with Gasteiger partial charge in [0.1, 0.15) is 11.6 Å². The number of hydrogen-bond donors (Lipinski definition) is 1. The van der Waals surface area contributed by atoms with E-state index in [9.17, 15) is 0 Å². The van der Waals surface area contributed by atoms with Crippen LogP contribution in [0.4, 0.5) is 0 Å². The fourth-order valence-corrected chi connectivity index (χ4v) is 1.10. The van der Waals surface area contributed by atoms with Crippen molar-refractivity contribution in [1.29, 1.82) is 0 Å². The van der Waals surface area contributed by atoms with Gasteiger partial charge in [-0.2, -0.15) is 10.1 Å². The monoisotopic (exact) mass is 189 g/mol. The van der Waals surface area contributed by atoms with Gasteiger partial charge in [-0.1, -0.05) is 13.2 Å². The molecule has 0 bridgehead atoms. The second kappa shape index (κ2) is 3.02. The normalized spacial score (nSPS) is 16.6. The maximum Gasteiger partial charge on any atom is 0.231 e. The van der Waals surface area contributed by atoms with Gasteiger partial charge in [-0.25, -0.2) is 4.68 Å². The summed E-state index contributed by atoms with van der Waals surface area (Å²) in [6.45, 7) is 7.64. The van der Waals surface area contributed by atoms with Gasteiger partial charge in [-0.3, -0.25) is 0 Å². The van der Waals surface area contributed by atoms with Gasteiger partial charge in [0, 0.05) is 19.4 Å². The van der Waals surface area contributed by atoms with E-state index < -0.39 is 0 Å². The molecule has 0 radical (unpaired) electrons. The average molecular weight is 189 g/mol. The molecule has 1 aromatic rings. The molecule has 5 heteroatoms. The first-order chi connectivity index (χ1) is 6.68. The number of aromatic nitrogens is 2. The van der Waals surface area contributed by atoms with Crippen LogP contribution in [-0.4, -0.2) is 27.7 Å². The van der Waals surface area contributed by atoms with Crippen LogP contribution >= 0.6 is 0 Å². The highest BCUT2D eigenvalue weighted by Gasteiger charge is 2.15. The van der Waals surface area contributed by atoms with Crippen LogP contribution in [0.3, 0.4) is 0 Å². The molecule has 0 saturated heterocycles. The summed E-state index contributed by atoms with van der Waals surface area (Å²) in [5.41, 5.74) is 0. The highest BCUT2D eigenvalue weighted by molar-refractivity contribution is 5.84. The molecule has 0 amide bonds. The molecule has 1 aliphatic heterocycles. The minimum absolute atomic E-state index is 0.614. The van der Waals surface area contributed by atoms with E-state index in [1.54, 1.807) is 22.0 Å². The van der Waals surface area contributed by atoms with Gasteiger partial charge in [0.05, 0.1) is 0 Å². The zero-order valence-corrected chi connectivity index (χ0v) is 7.94. The summed E-state index contributed by atoms with van der Waals surface area (Å²) in [6, 6.07) is 1.83. The van der Waals surface area contributed by atoms with Crippen molar-refractivity contribution in [3.8, 4) is 0 Å². The lowest BCUT2D eigenvalue weighted by molar-refractivity contribution is 0.474. The Labute approximate surface area is 82.0 Å². The molecule has 1 aliphatic rings. The summed E-state index contributed by atoms with van der Waals surface area (Å²) in [5.74, 6) is 1.98. The Balaban J connectivity index is 2.35. The standard InChI is InChI=1S/C9H11N5/c1-7-11-9(12-8(2)13(7)3)14-6-4-5-10-14/h4-6H,1-2H2,3H3,(H,11,12). The molecular weight excluding hydrogens is 178 g/mol. The fourth-order valence-electron chi connectivity index (χ4n) is 1.10. The molecule has 14 heavy (non-hydrogen) atoms. The predicted molar refractivity (Wildman–Crippen MR) is 54.2 cm³/mol. The largest absolute Gasteiger partial charge is 0.317 e. The van der Waals surface area contributed by atoms with Crippen molar-refractivity contribution in [3.05, 3.63) is 43.3 Å². The SMILES string of the molecule is C=C1N=C(n2cccn2)NC(=C)N1C. The van der Waals surface area contributed by atoms with Crippen molar-refractivity contribution >= 4 is 5.96 Å². The van der Waals surface area contributed by atoms with Crippen LogP contribution in [0.5, 0.6) is 0 Å². The third kappa shape index (κ3) is 1.28. The van der Waals surface area contributed by atoms with Crippen LogP contribution in [0.1, 0.15) is 0 Å². The quantitative estimate of drug-likeness (QED) is 0.648. The van der Waals surface area contributed by atoms with Crippen LogP contribution in [0.2, 0.25) is 0 Å². The molecule has 1 N–H and O–H groups in total. The fraction of sp³-hybridized carbons (Fsp3) is 0.111. The van der Waals surface area contributed by atoms with Gasteiger partial charge < -0.3 is 10.2 Å². The molecule has 2 heterocycles. The van der Waals surface area contributed by atoms with Crippen molar-refractivity contribution < 1.29 is 0 Å². The van der Waals surface area contributed by atoms with Gasteiger partial charge in [-0.05, 0) is 6.07 Å². The summed E-state index contributed by atoms with van der Waals surface area (Å²) in [5, 5.41) is 7.08. The summed E-state index contributed by atoms with van der Waals surface area (Å²) >= 11 is 0. The summed E-state index contributed by atoms with van der Waals surface area (Å²) in [7, 11) is 1.85. The lowest BCUT2D eigenvalue weighted by Crippen LogP contribution is -2.40. The first kappa shape index (κ1) is 8.55. The lowest BCUT2D eigenvalue weighted by atomic mass is 10.5. The highest BCUT2D eigenvalue weighted by Crippen LogP contribution is 2.11. The second-order valence-corrected chi connectivity index (χ2v) is 2.93. The first-order valence-electron chi connectivity index (χ1n) is 4.16. The van der Waals surface area contributed by atoms with Gasteiger partial charge >= 0.3 is 0 Å². The Morgan fingerprint density at radius 1 is 1.43 bits per heavy atom. The zero-order valence-electron chi connectivity index (χ0n) is 7.94. The third-order valence-corrected chi connectivity index (χ3v) is 2.00. The maximum atomic E-state index is 4.23. The maximum absolute atomic E-state index is 4.23. The van der Waals surface area contributed by atoms with E-state index in [0.29, 0.717) is 11.8 Å². The smallest absolute Gasteiger partial charge is 0.231 e. The Hall–Kier alpha value is -2.04. The van der Waals surface area contributed by atoms with Crippen molar-refractivity contribution in [2.24, 2.45) is 4.99 Å². The van der Waals surface area contributed by atoms with Crippen molar-refractivity contribution in [2.75, 3.05) is 7.05 Å². The van der Waals surface area contributed by atoms with Crippen LogP contribution < -0.4 is 5.32 Å². The van der Waals surface area contributed by atoms with Gasteiger partial charge in [-0.15, -0.1) is 0 Å². The predicted octanol–water partition coefficient (Wildman–Crippen LogP) is 0.565. The molecule has 0 saturated carbocycles. The van der Waals surface area contributed by atoms with Gasteiger partial charge in [0.2, 0.25) is 5.96 Å². The van der Waals surface area contributed by atoms with Crippen molar-refractivity contribution in [1.82, 2.24) is 20.0 Å². The third-order valence-electron chi connectivity index (χ3n) is 2.00. The number of aliphatic imine (C=N–C) groups is 1. The van der Waals surface area contributed by atoms with Crippen molar-refractivity contribution in [2.45, 2.75) is 0 Å². The van der Waals surface area contributed by atoms with Gasteiger partial charge in [0.15, 0.2) is 0 Å². The van der Waals surface area contributed by atoms with E-state index in [-0.39, 0.29) is 0 Å². The molecule has 0 spiro atoms. The van der Waals surface area contributed by atoms with E-state index in [2.05, 4.69) is 28.6 Å². The van der Waals surface area contributed by atoms with Crippen LogP contribution in [0, 0.1) is 0 Å². The van der Waals surface area contributed by atoms with Crippen LogP contribution in [0.25, 0.3) is 0 Å². The van der Waals surface area contributed by atoms with Crippen molar-refractivity contribution in [3.63, 3.8) is 0 Å². The average Bonchev–Trinajstić information content (AvgIpc) is 2.66. The Bertz CT molecular complexity index is 401. The molecule has 0 atom stereocenters. The van der Waals surface area contributed by atoms with Gasteiger partial charge in [0.25, 0.3) is 0 Å². The molecule has 0 aliphatic carbocycles. The minimum Gasteiger partial charge on any atom is -0.317 e. The van der Waals surface area contributed by atoms with Crippen LogP contribution in [0.15, 0.2) is 48.3 Å². The van der Waals surface area contributed by atoms with E-state index in [1.165, 1.54) is 0 Å². The molecule has 72 valence electrons. The molecule has 2 rings (SSSR count). The lowest BCUT2D eigenvalue weighted by Gasteiger charge is -2.27. The minimum atomic E-state index is 0.614. The number of rotatable bonds is 0. The summed E-state index contributed by atoms with van der Waals surface area (Å²) in [6.07, 6.45) is 3.49. The molecule has 1 aromatic heterocycles. The Morgan fingerprint density at radius 2 is 2.21 bits per heavy atom. The number of nitrogens with zero attached hydrogens (tertiary/aromatic N) is 4.